The molecule has 2 unspecified atom stereocenters. The molecule has 2 rings (SSSR count). The summed E-state index contributed by atoms with van der Waals surface area (Å²) in [6.45, 7) is 0. The predicted molar refractivity (Wildman–Crippen MR) is 46.1 cm³/mol. The number of rotatable bonds is 0. The highest BCUT2D eigenvalue weighted by atomic mass is 35.5. The lowest BCUT2D eigenvalue weighted by Gasteiger charge is -2.04. The van der Waals surface area contributed by atoms with Gasteiger partial charge in [0.1, 0.15) is 0 Å². The van der Waals surface area contributed by atoms with Gasteiger partial charge in [-0.05, 0) is 23.7 Å². The van der Waals surface area contributed by atoms with Gasteiger partial charge in [0.2, 0.25) is 0 Å². The van der Waals surface area contributed by atoms with E-state index in [1.165, 1.54) is 0 Å². The normalized spacial score (nSPS) is 27.8. The Balaban J connectivity index is 2.47. The monoisotopic (exact) mass is 187 g/mol. The second-order valence-corrected chi connectivity index (χ2v) is 4.46. The average Bonchev–Trinajstić information content (AvgIpc) is 2.30. The number of alkyl halides is 1. The molecule has 0 fully saturated rings. The number of nitrogens with one attached hydrogen (secondary N) is 1. The molecule has 0 aromatic heterocycles. The third kappa shape index (κ3) is 1.09. The largest absolute Gasteiger partial charge is 0.609 e. The van der Waals surface area contributed by atoms with Crippen molar-refractivity contribution in [3.8, 4) is 0 Å². The summed E-state index contributed by atoms with van der Waals surface area (Å²) in [4.78, 5) is 0.333. The van der Waals surface area contributed by atoms with Crippen molar-refractivity contribution in [2.75, 3.05) is 5.32 Å². The van der Waals surface area contributed by atoms with E-state index < -0.39 is 16.0 Å². The van der Waals surface area contributed by atoms with Crippen molar-refractivity contribution < 1.29 is 4.55 Å². The molecule has 1 aliphatic rings. The fourth-order valence-electron chi connectivity index (χ4n) is 1.05. The van der Waals surface area contributed by atoms with Crippen LogP contribution in [0.25, 0.3) is 0 Å². The molecular weight excluding hydrogens is 182 g/mol. The van der Waals surface area contributed by atoms with Crippen molar-refractivity contribution in [1.82, 2.24) is 0 Å². The molecule has 1 N–H and O–H groups in total. The van der Waals surface area contributed by atoms with Crippen molar-refractivity contribution in [3.63, 3.8) is 0 Å². The van der Waals surface area contributed by atoms with Gasteiger partial charge in [-0.2, -0.15) is 0 Å². The van der Waals surface area contributed by atoms with E-state index >= 15 is 0 Å². The standard InChI is InChI=1S/C7H6ClNOS/c8-7-9-5-3-1-2-4-6(5)11(7)10/h1-4,7,9H. The van der Waals surface area contributed by atoms with E-state index in [9.17, 15) is 4.55 Å². The fourth-order valence-corrected chi connectivity index (χ4v) is 2.47. The van der Waals surface area contributed by atoms with Gasteiger partial charge in [-0.3, -0.25) is 0 Å². The first-order valence-corrected chi connectivity index (χ1v) is 4.84. The summed E-state index contributed by atoms with van der Waals surface area (Å²) < 4.78 is 11.3. The van der Waals surface area contributed by atoms with Crippen molar-refractivity contribution in [2.45, 2.75) is 9.73 Å². The maximum absolute atomic E-state index is 11.3. The van der Waals surface area contributed by atoms with Crippen LogP contribution in [0.1, 0.15) is 0 Å². The molecule has 58 valence electrons. The topological polar surface area (TPSA) is 35.1 Å². The van der Waals surface area contributed by atoms with Crippen LogP contribution in [-0.2, 0) is 11.2 Å². The van der Waals surface area contributed by atoms with Crippen molar-refractivity contribution in [3.05, 3.63) is 24.3 Å². The first-order chi connectivity index (χ1) is 5.29. The number of anilines is 1. The predicted octanol–water partition coefficient (Wildman–Crippen LogP) is 1.74. The molecule has 0 aliphatic carbocycles. The number of benzene rings is 1. The van der Waals surface area contributed by atoms with Crippen LogP contribution in [0.4, 0.5) is 5.69 Å². The summed E-state index contributed by atoms with van der Waals surface area (Å²) in [5, 5.41) is 2.91. The molecule has 0 spiro atoms. The quantitative estimate of drug-likeness (QED) is 0.382. The van der Waals surface area contributed by atoms with Crippen LogP contribution in [0.5, 0.6) is 0 Å². The highest BCUT2D eigenvalue weighted by Crippen LogP contribution is 2.33. The van der Waals surface area contributed by atoms with Crippen LogP contribution in [-0.4, -0.2) is 9.39 Å². The summed E-state index contributed by atoms with van der Waals surface area (Å²) in [6.07, 6.45) is 0. The Morgan fingerprint density at radius 2 is 2.18 bits per heavy atom. The summed E-state index contributed by atoms with van der Waals surface area (Å²) in [5.74, 6) is 0. The lowest BCUT2D eigenvalue weighted by Crippen LogP contribution is -2.14. The number of hydrogen-bond acceptors (Lipinski definition) is 2. The summed E-state index contributed by atoms with van der Waals surface area (Å²) in [7, 11) is 0. The van der Waals surface area contributed by atoms with Crippen molar-refractivity contribution in [2.24, 2.45) is 0 Å². The molecule has 1 aromatic rings. The van der Waals surface area contributed by atoms with E-state index in [2.05, 4.69) is 5.32 Å². The zero-order chi connectivity index (χ0) is 7.84. The smallest absolute Gasteiger partial charge is 0.268 e. The van der Waals surface area contributed by atoms with Gasteiger partial charge in [-0.15, -0.1) is 0 Å². The number of halogens is 1. The van der Waals surface area contributed by atoms with E-state index in [1.807, 2.05) is 24.3 Å². The van der Waals surface area contributed by atoms with E-state index in [-0.39, 0.29) is 0 Å². The molecule has 2 atom stereocenters. The average molecular weight is 188 g/mol. The highest BCUT2D eigenvalue weighted by Gasteiger charge is 2.32. The van der Waals surface area contributed by atoms with Crippen LogP contribution in [0.2, 0.25) is 0 Å². The second-order valence-electron chi connectivity index (χ2n) is 2.25. The van der Waals surface area contributed by atoms with Gasteiger partial charge in [0.05, 0.1) is 5.69 Å². The Hall–Kier alpha value is -0.380. The minimum absolute atomic E-state index is 0.465. The molecule has 1 heterocycles. The molecule has 11 heavy (non-hydrogen) atoms. The van der Waals surface area contributed by atoms with E-state index in [0.717, 1.165) is 10.6 Å². The molecule has 0 saturated heterocycles. The zero-order valence-electron chi connectivity index (χ0n) is 5.58. The summed E-state index contributed by atoms with van der Waals surface area (Å²) in [5.41, 5.74) is 0.880. The Morgan fingerprint density at radius 3 is 2.91 bits per heavy atom. The Bertz CT molecular complexity index is 281. The van der Waals surface area contributed by atoms with Gasteiger partial charge in [-0.25, -0.2) is 0 Å². The van der Waals surface area contributed by atoms with E-state index in [4.69, 9.17) is 11.6 Å². The zero-order valence-corrected chi connectivity index (χ0v) is 7.15. The van der Waals surface area contributed by atoms with Crippen LogP contribution in [0, 0.1) is 0 Å². The van der Waals surface area contributed by atoms with E-state index in [1.54, 1.807) is 0 Å². The molecule has 0 bridgehead atoms. The number of para-hydroxylation sites is 1. The molecule has 1 aliphatic heterocycles. The maximum atomic E-state index is 11.3. The third-order valence-electron chi connectivity index (χ3n) is 1.56. The van der Waals surface area contributed by atoms with Crippen LogP contribution in [0.15, 0.2) is 29.2 Å². The first kappa shape index (κ1) is 7.28. The van der Waals surface area contributed by atoms with Gasteiger partial charge in [0, 0.05) is 11.2 Å². The molecular formula is C7H6ClNOS. The van der Waals surface area contributed by atoms with Crippen molar-refractivity contribution in [1.29, 1.82) is 0 Å². The lowest BCUT2D eigenvalue weighted by molar-refractivity contribution is 0.597. The third-order valence-corrected chi connectivity index (χ3v) is 3.44. The SMILES string of the molecule is [O-][S+]1c2ccccc2NC1Cl. The Morgan fingerprint density at radius 1 is 1.45 bits per heavy atom. The first-order valence-electron chi connectivity index (χ1n) is 3.19. The van der Waals surface area contributed by atoms with Crippen LogP contribution < -0.4 is 5.32 Å². The van der Waals surface area contributed by atoms with Gasteiger partial charge in [0.25, 0.3) is 4.83 Å². The van der Waals surface area contributed by atoms with Crippen LogP contribution >= 0.6 is 11.6 Å². The van der Waals surface area contributed by atoms with Crippen LogP contribution in [0.3, 0.4) is 0 Å². The van der Waals surface area contributed by atoms with Gasteiger partial charge < -0.3 is 9.87 Å². The molecule has 1 aromatic carbocycles. The van der Waals surface area contributed by atoms with Crippen molar-refractivity contribution >= 4 is 28.5 Å². The lowest BCUT2D eigenvalue weighted by atomic mass is 10.3. The number of hydrogen-bond donors (Lipinski definition) is 1. The minimum Gasteiger partial charge on any atom is -0.609 e. The minimum atomic E-state index is -1.09. The van der Waals surface area contributed by atoms with E-state index in [0.29, 0.717) is 0 Å². The van der Waals surface area contributed by atoms with Gasteiger partial charge in [0.15, 0.2) is 4.90 Å². The maximum Gasteiger partial charge on any atom is 0.268 e. The van der Waals surface area contributed by atoms with Gasteiger partial charge >= 0.3 is 0 Å². The van der Waals surface area contributed by atoms with Gasteiger partial charge in [-0.1, -0.05) is 12.1 Å². The molecule has 0 saturated carbocycles. The molecule has 2 nitrogen and oxygen atoms in total. The molecule has 4 heteroatoms. The number of fused-ring (bicyclic) bond motifs is 1. The molecule has 0 amide bonds. The summed E-state index contributed by atoms with van der Waals surface area (Å²) in [6, 6.07) is 7.43. The Labute approximate surface area is 72.7 Å². The molecule has 0 radical (unpaired) electrons. The highest BCUT2D eigenvalue weighted by molar-refractivity contribution is 7.94. The second kappa shape index (κ2) is 2.59. The fraction of sp³-hybridized carbons (Fsp3) is 0.143. The summed E-state index contributed by atoms with van der Waals surface area (Å²) >= 11 is 4.63. The Kier molecular flexibility index (Phi) is 1.71.